The van der Waals surface area contributed by atoms with Crippen LogP contribution in [0.5, 0.6) is 5.75 Å². The van der Waals surface area contributed by atoms with Crippen LogP contribution in [0.2, 0.25) is 0 Å². The molecule has 1 aliphatic heterocycles. The van der Waals surface area contributed by atoms with Gasteiger partial charge < -0.3 is 18.8 Å². The van der Waals surface area contributed by atoms with Crippen LogP contribution in [0.15, 0.2) is 33.8 Å². The Kier molecular flexibility index (Phi) is 7.00. The van der Waals surface area contributed by atoms with E-state index in [-0.39, 0.29) is 23.7 Å². The van der Waals surface area contributed by atoms with E-state index in [2.05, 4.69) is 10.5 Å². The van der Waals surface area contributed by atoms with Crippen molar-refractivity contribution >= 4 is 23.5 Å². The third-order valence-corrected chi connectivity index (χ3v) is 6.48. The molecule has 1 N–H and O–H groups in total. The third kappa shape index (κ3) is 4.55. The summed E-state index contributed by atoms with van der Waals surface area (Å²) in [5.74, 6) is 0.510. The fourth-order valence-corrected chi connectivity index (χ4v) is 4.62. The van der Waals surface area contributed by atoms with E-state index in [1.165, 1.54) is 14.2 Å². The Morgan fingerprint density at radius 1 is 1.12 bits per heavy atom. The number of esters is 1. The number of methoxy groups -OCH3 is 2. The summed E-state index contributed by atoms with van der Waals surface area (Å²) in [4.78, 5) is 39.4. The fourth-order valence-electron chi connectivity index (χ4n) is 4.62. The first-order valence-corrected chi connectivity index (χ1v) is 11.4. The summed E-state index contributed by atoms with van der Waals surface area (Å²) < 4.78 is 16.1. The molecule has 2 amide bonds. The summed E-state index contributed by atoms with van der Waals surface area (Å²) >= 11 is 0. The van der Waals surface area contributed by atoms with E-state index in [1.54, 1.807) is 29.2 Å². The summed E-state index contributed by atoms with van der Waals surface area (Å²) in [7, 11) is 2.89. The van der Waals surface area contributed by atoms with Crippen LogP contribution in [0, 0.1) is 12.8 Å². The van der Waals surface area contributed by atoms with E-state index in [4.69, 9.17) is 13.9 Å². The summed E-state index contributed by atoms with van der Waals surface area (Å²) in [6.45, 7) is 2.79. The summed E-state index contributed by atoms with van der Waals surface area (Å²) in [6, 6.07) is 6.94. The maximum Gasteiger partial charge on any atom is 0.308 e. The molecule has 180 valence electrons. The number of para-hydroxylation sites is 1. The van der Waals surface area contributed by atoms with Gasteiger partial charge in [0.05, 0.1) is 31.4 Å². The number of amides is 2. The number of aryl methyl sites for hydroxylation is 1. The minimum Gasteiger partial charge on any atom is -0.496 e. The first-order chi connectivity index (χ1) is 16.4. The lowest BCUT2D eigenvalue weighted by Gasteiger charge is -2.30. The Morgan fingerprint density at radius 3 is 2.56 bits per heavy atom. The highest BCUT2D eigenvalue weighted by Crippen LogP contribution is 2.31. The number of carbonyl (C=O) groups is 3. The van der Waals surface area contributed by atoms with Gasteiger partial charge in [-0.3, -0.25) is 14.4 Å². The molecule has 0 bridgehead atoms. The zero-order valence-electron chi connectivity index (χ0n) is 19.7. The number of likely N-dealkylation sites (tertiary alicyclic amines) is 1. The zero-order chi connectivity index (χ0) is 24.2. The van der Waals surface area contributed by atoms with Crippen molar-refractivity contribution in [3.8, 4) is 5.75 Å². The smallest absolute Gasteiger partial charge is 0.308 e. The van der Waals surface area contributed by atoms with Gasteiger partial charge in [-0.15, -0.1) is 0 Å². The highest BCUT2D eigenvalue weighted by molar-refractivity contribution is 6.07. The number of hydrogen-bond acceptors (Lipinski definition) is 7. The van der Waals surface area contributed by atoms with Crippen LogP contribution in [0.1, 0.15) is 63.5 Å². The first kappa shape index (κ1) is 23.5. The van der Waals surface area contributed by atoms with Gasteiger partial charge in [0, 0.05) is 30.6 Å². The molecule has 9 heteroatoms. The van der Waals surface area contributed by atoms with Crippen LogP contribution in [0.25, 0.3) is 0 Å². The fraction of sp³-hybridized carbons (Fsp3) is 0.440. The highest BCUT2D eigenvalue weighted by atomic mass is 16.5. The average Bonchev–Trinajstić information content (AvgIpc) is 3.23. The van der Waals surface area contributed by atoms with Crippen LogP contribution in [0.4, 0.5) is 0 Å². The zero-order valence-corrected chi connectivity index (χ0v) is 19.7. The number of rotatable bonds is 5. The van der Waals surface area contributed by atoms with Crippen molar-refractivity contribution in [3.63, 3.8) is 0 Å². The van der Waals surface area contributed by atoms with E-state index < -0.39 is 0 Å². The number of fused-ring (bicyclic) bond motifs is 1. The number of nitrogens with one attached hydrogen (secondary N) is 1. The topological polar surface area (TPSA) is 110 Å². The summed E-state index contributed by atoms with van der Waals surface area (Å²) in [5.41, 5.74) is 5.21. The van der Waals surface area contributed by atoms with E-state index in [0.717, 1.165) is 17.5 Å². The lowest BCUT2D eigenvalue weighted by Crippen LogP contribution is -2.40. The molecule has 4 rings (SSSR count). The molecule has 2 aromatic rings. The summed E-state index contributed by atoms with van der Waals surface area (Å²) in [5, 5.41) is 4.39. The highest BCUT2D eigenvalue weighted by Gasteiger charge is 2.33. The van der Waals surface area contributed by atoms with Crippen molar-refractivity contribution in [2.75, 3.05) is 27.3 Å². The maximum absolute atomic E-state index is 13.2. The number of piperidine rings is 1. The molecule has 34 heavy (non-hydrogen) atoms. The predicted molar refractivity (Wildman–Crippen MR) is 124 cm³/mol. The number of hydrogen-bond donors (Lipinski definition) is 1. The van der Waals surface area contributed by atoms with Crippen molar-refractivity contribution in [2.24, 2.45) is 11.0 Å². The molecule has 1 aromatic carbocycles. The third-order valence-electron chi connectivity index (χ3n) is 6.48. The van der Waals surface area contributed by atoms with Crippen molar-refractivity contribution in [1.82, 2.24) is 10.3 Å². The van der Waals surface area contributed by atoms with Crippen LogP contribution in [0.3, 0.4) is 0 Å². The number of hydrazone groups is 1. The minimum atomic E-state index is -0.372. The molecule has 1 aliphatic carbocycles. The van der Waals surface area contributed by atoms with Gasteiger partial charge in [-0.1, -0.05) is 12.1 Å². The number of benzene rings is 1. The monoisotopic (exact) mass is 467 g/mol. The maximum atomic E-state index is 13.2. The van der Waals surface area contributed by atoms with Gasteiger partial charge in [0.15, 0.2) is 5.76 Å². The Balaban J connectivity index is 1.51. The van der Waals surface area contributed by atoms with Crippen molar-refractivity contribution < 1.29 is 28.3 Å². The largest absolute Gasteiger partial charge is 0.496 e. The first-order valence-electron chi connectivity index (χ1n) is 11.4. The molecule has 1 aromatic heterocycles. The van der Waals surface area contributed by atoms with Gasteiger partial charge in [-0.25, -0.2) is 5.43 Å². The number of nitrogens with zero attached hydrogens (tertiary/aromatic N) is 2. The van der Waals surface area contributed by atoms with Gasteiger partial charge in [0.25, 0.3) is 11.8 Å². The van der Waals surface area contributed by atoms with Gasteiger partial charge in [0.2, 0.25) is 0 Å². The minimum absolute atomic E-state index is 0.175. The molecule has 1 fully saturated rings. The van der Waals surface area contributed by atoms with Crippen LogP contribution >= 0.6 is 0 Å². The van der Waals surface area contributed by atoms with Gasteiger partial charge in [-0.2, -0.15) is 5.10 Å². The van der Waals surface area contributed by atoms with E-state index in [9.17, 15) is 14.4 Å². The molecule has 0 spiro atoms. The quantitative estimate of drug-likeness (QED) is 0.534. The van der Waals surface area contributed by atoms with E-state index in [0.29, 0.717) is 67.3 Å². The molecular formula is C25H29N3O6. The molecule has 0 atom stereocenters. The van der Waals surface area contributed by atoms with Gasteiger partial charge >= 0.3 is 5.97 Å². The number of carbonyl (C=O) groups excluding carboxylic acids is 3. The van der Waals surface area contributed by atoms with E-state index in [1.807, 2.05) is 6.92 Å². The SMILES string of the molecule is COC(=O)C1CCN(C(=O)c2oc3c(c2C)/C(=N/NC(=O)c2ccccc2OC)CCC3)CC1. The van der Waals surface area contributed by atoms with Crippen LogP contribution in [-0.2, 0) is 16.0 Å². The van der Waals surface area contributed by atoms with Crippen molar-refractivity contribution in [1.29, 1.82) is 0 Å². The van der Waals surface area contributed by atoms with Crippen molar-refractivity contribution in [3.05, 3.63) is 52.5 Å². The molecule has 1 saturated heterocycles. The second kappa shape index (κ2) is 10.1. The molecule has 9 nitrogen and oxygen atoms in total. The second-order valence-corrected chi connectivity index (χ2v) is 8.50. The average molecular weight is 468 g/mol. The molecule has 2 aliphatic rings. The summed E-state index contributed by atoms with van der Waals surface area (Å²) in [6.07, 6.45) is 3.31. The number of furan rings is 1. The lowest BCUT2D eigenvalue weighted by atomic mass is 9.93. The standard InChI is InChI=1S/C25H29N3O6/c1-15-21-18(26-27-23(29)17-7-4-5-9-19(17)32-2)8-6-10-20(21)34-22(15)24(30)28-13-11-16(12-14-28)25(31)33-3/h4-5,7,9,16H,6,8,10-14H2,1-3H3,(H,27,29)/b26-18+. The van der Waals surface area contributed by atoms with Crippen molar-refractivity contribution in [2.45, 2.75) is 39.0 Å². The Labute approximate surface area is 198 Å². The molecule has 0 radical (unpaired) electrons. The molecule has 0 saturated carbocycles. The number of ether oxygens (including phenoxy) is 2. The van der Waals surface area contributed by atoms with Crippen LogP contribution in [-0.4, -0.2) is 55.7 Å². The Hall–Kier alpha value is -3.62. The van der Waals surface area contributed by atoms with E-state index >= 15 is 0 Å². The van der Waals surface area contributed by atoms with Gasteiger partial charge in [0.1, 0.15) is 11.5 Å². The lowest BCUT2D eigenvalue weighted by molar-refractivity contribution is -0.146. The Bertz CT molecular complexity index is 1130. The second-order valence-electron chi connectivity index (χ2n) is 8.50. The molecule has 0 unspecified atom stereocenters. The van der Waals surface area contributed by atoms with Gasteiger partial charge in [-0.05, 0) is 44.7 Å². The van der Waals surface area contributed by atoms with Crippen LogP contribution < -0.4 is 10.2 Å². The molecular weight excluding hydrogens is 438 g/mol. The normalized spacial score (nSPS) is 17.3. The molecule has 2 heterocycles. The Morgan fingerprint density at radius 2 is 1.85 bits per heavy atom. The predicted octanol–water partition coefficient (Wildman–Crippen LogP) is 3.09.